The van der Waals surface area contributed by atoms with Gasteiger partial charge < -0.3 is 9.64 Å². The summed E-state index contributed by atoms with van der Waals surface area (Å²) < 4.78 is 4.94. The molecule has 1 aromatic rings. The van der Waals surface area contributed by atoms with Crippen molar-refractivity contribution in [2.75, 3.05) is 18.1 Å². The number of rotatable bonds is 3. The van der Waals surface area contributed by atoms with Crippen molar-refractivity contribution in [1.29, 1.82) is 0 Å². The van der Waals surface area contributed by atoms with E-state index in [9.17, 15) is 9.59 Å². The van der Waals surface area contributed by atoms with Crippen molar-refractivity contribution in [3.05, 3.63) is 28.2 Å². The Bertz CT molecular complexity index is 498. The third-order valence-corrected chi connectivity index (χ3v) is 3.34. The van der Waals surface area contributed by atoms with E-state index >= 15 is 0 Å². The molecule has 1 fully saturated rings. The smallest absolute Gasteiger partial charge is 0.311 e. The summed E-state index contributed by atoms with van der Waals surface area (Å²) in [4.78, 5) is 25.1. The molecule has 6 heteroatoms. The van der Waals surface area contributed by atoms with Crippen LogP contribution >= 0.6 is 23.2 Å². The lowest BCUT2D eigenvalue weighted by Gasteiger charge is -2.17. The highest BCUT2D eigenvalue weighted by Crippen LogP contribution is 2.30. The van der Waals surface area contributed by atoms with Crippen LogP contribution in [0.5, 0.6) is 0 Å². The maximum absolute atomic E-state index is 11.9. The molecule has 1 aliphatic rings. The summed E-state index contributed by atoms with van der Waals surface area (Å²) in [6.45, 7) is 2.35. The maximum Gasteiger partial charge on any atom is 0.311 e. The van der Waals surface area contributed by atoms with Crippen LogP contribution in [0.25, 0.3) is 0 Å². The predicted octanol–water partition coefficient (Wildman–Crippen LogP) is 2.91. The van der Waals surface area contributed by atoms with E-state index in [1.807, 2.05) is 0 Å². The predicted molar refractivity (Wildman–Crippen MR) is 73.6 cm³/mol. The summed E-state index contributed by atoms with van der Waals surface area (Å²) in [6, 6.07) is 4.90. The second-order valence-electron chi connectivity index (χ2n) is 4.29. The summed E-state index contributed by atoms with van der Waals surface area (Å²) >= 11 is 11.8. The van der Waals surface area contributed by atoms with Gasteiger partial charge in [-0.3, -0.25) is 9.59 Å². The Morgan fingerprint density at radius 3 is 2.58 bits per heavy atom. The van der Waals surface area contributed by atoms with Gasteiger partial charge in [0.1, 0.15) is 0 Å². The van der Waals surface area contributed by atoms with Gasteiger partial charge in [-0.2, -0.15) is 0 Å². The number of esters is 1. The van der Waals surface area contributed by atoms with E-state index in [0.717, 1.165) is 0 Å². The van der Waals surface area contributed by atoms with Gasteiger partial charge in [-0.05, 0) is 25.1 Å². The average Bonchev–Trinajstić information content (AvgIpc) is 2.70. The van der Waals surface area contributed by atoms with Gasteiger partial charge in [0.05, 0.1) is 12.5 Å². The van der Waals surface area contributed by atoms with Crippen molar-refractivity contribution in [1.82, 2.24) is 0 Å². The molecule has 2 rings (SSSR count). The number of anilines is 1. The molecule has 0 bridgehead atoms. The second-order valence-corrected chi connectivity index (χ2v) is 5.16. The summed E-state index contributed by atoms with van der Waals surface area (Å²) in [5.41, 5.74) is 0.606. The fourth-order valence-corrected chi connectivity index (χ4v) is 2.58. The molecule has 0 N–H and O–H groups in total. The lowest BCUT2D eigenvalue weighted by Crippen LogP contribution is -2.26. The monoisotopic (exact) mass is 301 g/mol. The number of benzene rings is 1. The zero-order valence-electron chi connectivity index (χ0n) is 10.4. The Kier molecular flexibility index (Phi) is 4.32. The fraction of sp³-hybridized carbons (Fsp3) is 0.385. The standard InChI is InChI=1S/C13H13Cl2NO3/c1-2-19-13(18)8-3-12(17)16(7-8)11-5-9(14)4-10(15)6-11/h4-6,8H,2-3,7H2,1H3. The van der Waals surface area contributed by atoms with Gasteiger partial charge in [0.25, 0.3) is 0 Å². The summed E-state index contributed by atoms with van der Waals surface area (Å²) in [5, 5.41) is 0.907. The van der Waals surface area contributed by atoms with Crippen LogP contribution in [0.1, 0.15) is 13.3 Å². The van der Waals surface area contributed by atoms with Crippen molar-refractivity contribution in [3.8, 4) is 0 Å². The minimum atomic E-state index is -0.426. The second kappa shape index (κ2) is 5.80. The Labute approximate surface area is 121 Å². The van der Waals surface area contributed by atoms with E-state index < -0.39 is 5.92 Å². The molecule has 1 unspecified atom stereocenters. The molecule has 1 aliphatic heterocycles. The maximum atomic E-state index is 11.9. The molecular formula is C13H13Cl2NO3. The average molecular weight is 302 g/mol. The van der Waals surface area contributed by atoms with E-state index in [2.05, 4.69) is 0 Å². The van der Waals surface area contributed by atoms with Gasteiger partial charge in [-0.1, -0.05) is 23.2 Å². The number of hydrogen-bond donors (Lipinski definition) is 0. The van der Waals surface area contributed by atoms with Crippen molar-refractivity contribution in [2.24, 2.45) is 5.92 Å². The SMILES string of the molecule is CCOC(=O)C1CC(=O)N(c2cc(Cl)cc(Cl)c2)C1. The summed E-state index contributed by atoms with van der Waals surface area (Å²) in [5.74, 6) is -0.895. The molecule has 1 saturated heterocycles. The summed E-state index contributed by atoms with van der Waals surface area (Å²) in [7, 11) is 0. The van der Waals surface area contributed by atoms with Crippen LogP contribution < -0.4 is 4.90 Å². The number of carbonyl (C=O) groups is 2. The van der Waals surface area contributed by atoms with Gasteiger partial charge in [-0.25, -0.2) is 0 Å². The van der Waals surface area contributed by atoms with Crippen molar-refractivity contribution < 1.29 is 14.3 Å². The van der Waals surface area contributed by atoms with Crippen LogP contribution in [0, 0.1) is 5.92 Å². The van der Waals surface area contributed by atoms with Crippen molar-refractivity contribution in [2.45, 2.75) is 13.3 Å². The molecule has 19 heavy (non-hydrogen) atoms. The van der Waals surface area contributed by atoms with Crippen LogP contribution in [0.4, 0.5) is 5.69 Å². The molecule has 0 spiro atoms. The minimum absolute atomic E-state index is 0.128. The molecule has 4 nitrogen and oxygen atoms in total. The van der Waals surface area contributed by atoms with Crippen LogP contribution in [-0.4, -0.2) is 25.0 Å². The molecule has 102 valence electrons. The Morgan fingerprint density at radius 1 is 1.37 bits per heavy atom. The van der Waals surface area contributed by atoms with Crippen molar-refractivity contribution in [3.63, 3.8) is 0 Å². The van der Waals surface area contributed by atoms with Crippen LogP contribution in [-0.2, 0) is 14.3 Å². The third kappa shape index (κ3) is 3.19. The molecule has 0 saturated carbocycles. The highest BCUT2D eigenvalue weighted by atomic mass is 35.5. The molecule has 1 amide bonds. The number of carbonyl (C=O) groups excluding carboxylic acids is 2. The lowest BCUT2D eigenvalue weighted by molar-refractivity contribution is -0.147. The number of hydrogen-bond acceptors (Lipinski definition) is 3. The molecule has 1 heterocycles. The largest absolute Gasteiger partial charge is 0.466 e. The van der Waals surface area contributed by atoms with Gasteiger partial charge in [0.15, 0.2) is 0 Å². The Hall–Kier alpha value is -1.26. The van der Waals surface area contributed by atoms with Crippen LogP contribution in [0.15, 0.2) is 18.2 Å². The number of ether oxygens (including phenoxy) is 1. The fourth-order valence-electron chi connectivity index (χ4n) is 2.07. The molecule has 1 aromatic carbocycles. The van der Waals surface area contributed by atoms with Crippen LogP contribution in [0.2, 0.25) is 10.0 Å². The number of amides is 1. The first-order valence-corrected chi connectivity index (χ1v) is 6.70. The molecule has 0 aromatic heterocycles. The summed E-state index contributed by atoms with van der Waals surface area (Å²) in [6.07, 6.45) is 0.156. The number of nitrogens with zero attached hydrogens (tertiary/aromatic N) is 1. The van der Waals surface area contributed by atoms with Gasteiger partial charge in [-0.15, -0.1) is 0 Å². The van der Waals surface area contributed by atoms with Gasteiger partial charge >= 0.3 is 5.97 Å². The highest BCUT2D eigenvalue weighted by Gasteiger charge is 2.36. The zero-order chi connectivity index (χ0) is 14.0. The topological polar surface area (TPSA) is 46.6 Å². The van der Waals surface area contributed by atoms with E-state index in [4.69, 9.17) is 27.9 Å². The highest BCUT2D eigenvalue weighted by molar-refractivity contribution is 6.35. The van der Waals surface area contributed by atoms with E-state index in [1.54, 1.807) is 25.1 Å². The first-order chi connectivity index (χ1) is 9.01. The molecule has 0 radical (unpaired) electrons. The normalized spacial score (nSPS) is 18.8. The number of halogens is 2. The molecule has 1 atom stereocenters. The van der Waals surface area contributed by atoms with Crippen LogP contribution in [0.3, 0.4) is 0 Å². The van der Waals surface area contributed by atoms with E-state index in [0.29, 0.717) is 28.9 Å². The first-order valence-electron chi connectivity index (χ1n) is 5.94. The van der Waals surface area contributed by atoms with Gasteiger partial charge in [0.2, 0.25) is 5.91 Å². The van der Waals surface area contributed by atoms with E-state index in [1.165, 1.54) is 4.90 Å². The lowest BCUT2D eigenvalue weighted by atomic mass is 10.1. The minimum Gasteiger partial charge on any atom is -0.466 e. The quantitative estimate of drug-likeness (QED) is 0.807. The first kappa shape index (κ1) is 14.2. The molecular weight excluding hydrogens is 289 g/mol. The van der Waals surface area contributed by atoms with Gasteiger partial charge in [0, 0.05) is 28.7 Å². The molecule has 0 aliphatic carbocycles. The Balaban J connectivity index is 2.18. The Morgan fingerprint density at radius 2 is 2.00 bits per heavy atom. The third-order valence-electron chi connectivity index (χ3n) is 2.90. The zero-order valence-corrected chi connectivity index (χ0v) is 11.9. The van der Waals surface area contributed by atoms with E-state index in [-0.39, 0.29) is 18.3 Å². The van der Waals surface area contributed by atoms with Crippen molar-refractivity contribution >= 4 is 40.8 Å².